The highest BCUT2D eigenvalue weighted by Gasteiger charge is 2.46. The monoisotopic (exact) mass is 289 g/mol. The van der Waals surface area contributed by atoms with E-state index in [1.54, 1.807) is 0 Å². The Kier molecular flexibility index (Phi) is 3.67. The van der Waals surface area contributed by atoms with Crippen LogP contribution in [0.1, 0.15) is 5.56 Å². The first-order chi connectivity index (χ1) is 10.1. The van der Waals surface area contributed by atoms with Crippen molar-refractivity contribution in [2.75, 3.05) is 19.8 Å². The minimum absolute atomic E-state index is 0.152. The fraction of sp³-hybridized carbons (Fsp3) is 0.400. The molecule has 1 aliphatic rings. The van der Waals surface area contributed by atoms with Crippen LogP contribution < -0.4 is 11.1 Å². The van der Waals surface area contributed by atoms with Gasteiger partial charge >= 0.3 is 5.97 Å². The van der Waals surface area contributed by atoms with E-state index < -0.39 is 11.5 Å². The minimum atomic E-state index is -0.960. The van der Waals surface area contributed by atoms with Crippen molar-refractivity contribution in [1.29, 1.82) is 0 Å². The predicted octanol–water partition coefficient (Wildman–Crippen LogP) is 0.481. The summed E-state index contributed by atoms with van der Waals surface area (Å²) in [6, 6.07) is 7.90. The quantitative estimate of drug-likeness (QED) is 0.620. The van der Waals surface area contributed by atoms with Crippen molar-refractivity contribution in [3.63, 3.8) is 0 Å². The molecule has 0 spiro atoms. The molecule has 0 radical (unpaired) electrons. The van der Waals surface area contributed by atoms with E-state index >= 15 is 0 Å². The minimum Gasteiger partial charge on any atom is -0.480 e. The molecular weight excluding hydrogens is 270 g/mol. The molecule has 2 heterocycles. The summed E-state index contributed by atoms with van der Waals surface area (Å²) in [5, 5.41) is 13.4. The van der Waals surface area contributed by atoms with E-state index in [1.807, 2.05) is 24.4 Å². The topological polar surface area (TPSA) is 100 Å². The number of nitrogens with two attached hydrogens (primary N) is 1. The van der Waals surface area contributed by atoms with Crippen molar-refractivity contribution < 1.29 is 14.6 Å². The summed E-state index contributed by atoms with van der Waals surface area (Å²) < 4.78 is 5.01. The second-order valence-corrected chi connectivity index (χ2v) is 5.58. The van der Waals surface area contributed by atoms with Gasteiger partial charge in [0.1, 0.15) is 0 Å². The molecule has 1 fully saturated rings. The van der Waals surface area contributed by atoms with Gasteiger partial charge < -0.3 is 20.6 Å². The molecule has 1 atom stereocenters. The molecule has 112 valence electrons. The first kappa shape index (κ1) is 14.1. The highest BCUT2D eigenvalue weighted by molar-refractivity contribution is 5.83. The van der Waals surface area contributed by atoms with Crippen molar-refractivity contribution in [3.8, 4) is 0 Å². The van der Waals surface area contributed by atoms with Crippen LogP contribution in [0.3, 0.4) is 0 Å². The molecule has 5 N–H and O–H groups in total. The zero-order valence-corrected chi connectivity index (χ0v) is 11.6. The molecule has 0 amide bonds. The third-order valence-corrected chi connectivity index (χ3v) is 3.97. The Morgan fingerprint density at radius 2 is 2.24 bits per heavy atom. The van der Waals surface area contributed by atoms with Gasteiger partial charge in [0.15, 0.2) is 5.54 Å². The fourth-order valence-electron chi connectivity index (χ4n) is 2.59. The largest absolute Gasteiger partial charge is 0.480 e. The SMILES string of the molecule is NC(CNC1(C(=O)O)COC1)Cc1c[nH]c2ccccc12. The molecule has 2 aromatic rings. The maximum atomic E-state index is 11.2. The number of benzene rings is 1. The first-order valence-corrected chi connectivity index (χ1v) is 6.97. The number of carboxylic acids is 1. The van der Waals surface area contributed by atoms with Crippen LogP contribution in [-0.2, 0) is 16.0 Å². The summed E-state index contributed by atoms with van der Waals surface area (Å²) in [5.74, 6) is -0.881. The van der Waals surface area contributed by atoms with Crippen LogP contribution in [0.25, 0.3) is 10.9 Å². The van der Waals surface area contributed by atoms with Gasteiger partial charge in [0.05, 0.1) is 13.2 Å². The first-order valence-electron chi connectivity index (χ1n) is 6.97. The maximum Gasteiger partial charge on any atom is 0.328 e. The molecule has 1 aromatic carbocycles. The Hall–Kier alpha value is -1.89. The molecule has 6 nitrogen and oxygen atoms in total. The average molecular weight is 289 g/mol. The van der Waals surface area contributed by atoms with Gasteiger partial charge in [-0.25, -0.2) is 0 Å². The van der Waals surface area contributed by atoms with E-state index in [2.05, 4.69) is 16.4 Å². The molecule has 0 bridgehead atoms. The molecule has 6 heteroatoms. The number of aromatic nitrogens is 1. The number of hydrogen-bond acceptors (Lipinski definition) is 4. The number of nitrogens with one attached hydrogen (secondary N) is 2. The second kappa shape index (κ2) is 5.48. The van der Waals surface area contributed by atoms with Crippen LogP contribution in [0.15, 0.2) is 30.5 Å². The molecule has 1 saturated heterocycles. The zero-order valence-electron chi connectivity index (χ0n) is 11.6. The van der Waals surface area contributed by atoms with Crippen molar-refractivity contribution in [1.82, 2.24) is 10.3 Å². The number of aliphatic carboxylic acids is 1. The molecule has 3 rings (SSSR count). The number of H-pyrrole nitrogens is 1. The highest BCUT2D eigenvalue weighted by Crippen LogP contribution is 2.20. The molecule has 0 saturated carbocycles. The van der Waals surface area contributed by atoms with E-state index in [1.165, 1.54) is 0 Å². The lowest BCUT2D eigenvalue weighted by Crippen LogP contribution is -2.67. The lowest BCUT2D eigenvalue weighted by atomic mass is 9.96. The van der Waals surface area contributed by atoms with Gasteiger partial charge in [0.2, 0.25) is 0 Å². The molecule has 1 aromatic heterocycles. The van der Waals surface area contributed by atoms with Crippen LogP contribution >= 0.6 is 0 Å². The lowest BCUT2D eigenvalue weighted by molar-refractivity contribution is -0.166. The molecule has 21 heavy (non-hydrogen) atoms. The Bertz CT molecular complexity index is 648. The smallest absolute Gasteiger partial charge is 0.328 e. The molecule has 1 aliphatic heterocycles. The van der Waals surface area contributed by atoms with Crippen LogP contribution in [0.4, 0.5) is 0 Å². The van der Waals surface area contributed by atoms with Crippen LogP contribution in [0.2, 0.25) is 0 Å². The van der Waals surface area contributed by atoms with E-state index in [4.69, 9.17) is 10.5 Å². The number of para-hydroxylation sites is 1. The summed E-state index contributed by atoms with van der Waals surface area (Å²) in [5.41, 5.74) is 7.40. The van der Waals surface area contributed by atoms with Crippen LogP contribution in [-0.4, -0.2) is 47.4 Å². The van der Waals surface area contributed by atoms with E-state index in [0.29, 0.717) is 13.0 Å². The number of ether oxygens (including phenoxy) is 1. The summed E-state index contributed by atoms with van der Waals surface area (Å²) in [6.07, 6.45) is 2.65. The number of fused-ring (bicyclic) bond motifs is 1. The average Bonchev–Trinajstić information content (AvgIpc) is 2.81. The molecule has 1 unspecified atom stereocenters. The van der Waals surface area contributed by atoms with Gasteiger partial charge in [-0.05, 0) is 18.1 Å². The van der Waals surface area contributed by atoms with Crippen molar-refractivity contribution in [2.45, 2.75) is 18.0 Å². The van der Waals surface area contributed by atoms with Gasteiger partial charge in [-0.2, -0.15) is 0 Å². The van der Waals surface area contributed by atoms with E-state index in [-0.39, 0.29) is 19.3 Å². The van der Waals surface area contributed by atoms with E-state index in [9.17, 15) is 9.90 Å². The lowest BCUT2D eigenvalue weighted by Gasteiger charge is -2.38. The van der Waals surface area contributed by atoms with E-state index in [0.717, 1.165) is 16.5 Å². The predicted molar refractivity (Wildman–Crippen MR) is 79.2 cm³/mol. The Labute approximate surface area is 122 Å². The normalized spacial score (nSPS) is 18.3. The Morgan fingerprint density at radius 1 is 1.48 bits per heavy atom. The van der Waals surface area contributed by atoms with Crippen LogP contribution in [0.5, 0.6) is 0 Å². The number of hydrogen-bond donors (Lipinski definition) is 4. The zero-order chi connectivity index (χ0) is 14.9. The standard InChI is InChI=1S/C15H19N3O3/c16-11(7-18-15(14(19)20)8-21-9-15)5-10-6-17-13-4-2-1-3-12(10)13/h1-4,6,11,17-18H,5,7-9,16H2,(H,19,20). The summed E-state index contributed by atoms with van der Waals surface area (Å²) in [7, 11) is 0. The fourth-order valence-corrected chi connectivity index (χ4v) is 2.59. The molecular formula is C15H19N3O3. The van der Waals surface area contributed by atoms with Crippen molar-refractivity contribution in [2.24, 2.45) is 5.73 Å². The summed E-state index contributed by atoms with van der Waals surface area (Å²) in [6.45, 7) is 0.833. The third kappa shape index (κ3) is 2.65. The highest BCUT2D eigenvalue weighted by atomic mass is 16.5. The van der Waals surface area contributed by atoms with Crippen LogP contribution in [0, 0.1) is 0 Å². The van der Waals surface area contributed by atoms with Gasteiger partial charge in [0, 0.05) is 29.7 Å². The summed E-state index contributed by atoms with van der Waals surface area (Å²) in [4.78, 5) is 14.4. The van der Waals surface area contributed by atoms with Gasteiger partial charge in [-0.3, -0.25) is 10.1 Å². The Balaban J connectivity index is 1.61. The molecule has 0 aliphatic carbocycles. The number of aromatic amines is 1. The van der Waals surface area contributed by atoms with Gasteiger partial charge in [0.25, 0.3) is 0 Å². The van der Waals surface area contributed by atoms with Crippen molar-refractivity contribution in [3.05, 3.63) is 36.0 Å². The summed E-state index contributed by atoms with van der Waals surface area (Å²) >= 11 is 0. The maximum absolute atomic E-state index is 11.2. The number of rotatable bonds is 6. The van der Waals surface area contributed by atoms with Gasteiger partial charge in [-0.15, -0.1) is 0 Å². The van der Waals surface area contributed by atoms with Crippen molar-refractivity contribution >= 4 is 16.9 Å². The number of carboxylic acid groups (broad SMARTS) is 1. The third-order valence-electron chi connectivity index (χ3n) is 3.97. The van der Waals surface area contributed by atoms with Gasteiger partial charge in [-0.1, -0.05) is 18.2 Å². The Morgan fingerprint density at radius 3 is 2.90 bits per heavy atom. The number of carbonyl (C=O) groups is 1. The second-order valence-electron chi connectivity index (χ2n) is 5.58.